The van der Waals surface area contributed by atoms with Crippen LogP contribution >= 0.6 is 12.4 Å². The van der Waals surface area contributed by atoms with Gasteiger partial charge in [0.1, 0.15) is 0 Å². The highest BCUT2D eigenvalue weighted by Crippen LogP contribution is 2.17. The van der Waals surface area contributed by atoms with Crippen LogP contribution in [-0.4, -0.2) is 30.4 Å². The van der Waals surface area contributed by atoms with Gasteiger partial charge in [-0.3, -0.25) is 9.59 Å². The molecule has 0 aromatic heterocycles. The zero-order valence-corrected chi connectivity index (χ0v) is 11.9. The van der Waals surface area contributed by atoms with Gasteiger partial charge in [-0.05, 0) is 18.8 Å². The number of rotatable bonds is 5. The van der Waals surface area contributed by atoms with Crippen LogP contribution in [0.15, 0.2) is 0 Å². The van der Waals surface area contributed by atoms with E-state index in [1.807, 2.05) is 13.8 Å². The molecule has 106 valence electrons. The van der Waals surface area contributed by atoms with E-state index >= 15 is 0 Å². The molecule has 4 N–H and O–H groups in total. The largest absolute Gasteiger partial charge is 0.352 e. The predicted molar refractivity (Wildman–Crippen MR) is 73.5 cm³/mol. The van der Waals surface area contributed by atoms with Gasteiger partial charge >= 0.3 is 0 Å². The van der Waals surface area contributed by atoms with Crippen molar-refractivity contribution >= 4 is 24.2 Å². The molecule has 5 nitrogen and oxygen atoms in total. The van der Waals surface area contributed by atoms with E-state index in [4.69, 9.17) is 5.73 Å². The number of hydrogen-bond donors (Lipinski definition) is 3. The Labute approximate surface area is 115 Å². The van der Waals surface area contributed by atoms with Crippen molar-refractivity contribution in [3.8, 4) is 0 Å². The highest BCUT2D eigenvalue weighted by molar-refractivity contribution is 5.87. The highest BCUT2D eigenvalue weighted by atomic mass is 35.5. The molecule has 0 aliphatic heterocycles. The summed E-state index contributed by atoms with van der Waals surface area (Å²) >= 11 is 0. The summed E-state index contributed by atoms with van der Waals surface area (Å²) in [5, 5.41) is 5.47. The topological polar surface area (TPSA) is 84.2 Å². The van der Waals surface area contributed by atoms with Gasteiger partial charge < -0.3 is 16.4 Å². The predicted octanol–water partition coefficient (Wildman–Crippen LogP) is 0.566. The second-order valence-corrected chi connectivity index (χ2v) is 5.04. The van der Waals surface area contributed by atoms with Crippen molar-refractivity contribution in [1.82, 2.24) is 10.6 Å². The van der Waals surface area contributed by atoms with Crippen LogP contribution < -0.4 is 16.4 Å². The first-order valence-corrected chi connectivity index (χ1v) is 6.33. The third-order valence-corrected chi connectivity index (χ3v) is 3.16. The molecule has 1 aliphatic carbocycles. The summed E-state index contributed by atoms with van der Waals surface area (Å²) in [6.45, 7) is 3.78. The van der Waals surface area contributed by atoms with Gasteiger partial charge in [0.2, 0.25) is 11.8 Å². The van der Waals surface area contributed by atoms with Gasteiger partial charge in [0.15, 0.2) is 0 Å². The van der Waals surface area contributed by atoms with Gasteiger partial charge in [-0.2, -0.15) is 0 Å². The minimum absolute atomic E-state index is 0. The van der Waals surface area contributed by atoms with Gasteiger partial charge in [0.05, 0.1) is 12.6 Å². The van der Waals surface area contributed by atoms with E-state index in [0.29, 0.717) is 0 Å². The SMILES string of the molecule is CC(C)[C@H](N)C(=O)NCC(=O)NC1CCCC1.Cl. The third-order valence-electron chi connectivity index (χ3n) is 3.16. The Morgan fingerprint density at radius 2 is 1.83 bits per heavy atom. The molecule has 18 heavy (non-hydrogen) atoms. The fourth-order valence-corrected chi connectivity index (χ4v) is 1.94. The molecule has 1 fully saturated rings. The summed E-state index contributed by atoms with van der Waals surface area (Å²) in [6.07, 6.45) is 4.45. The molecule has 2 amide bonds. The van der Waals surface area contributed by atoms with Crippen LogP contribution in [0.1, 0.15) is 39.5 Å². The number of carbonyl (C=O) groups is 2. The summed E-state index contributed by atoms with van der Waals surface area (Å²) < 4.78 is 0. The van der Waals surface area contributed by atoms with Crippen molar-refractivity contribution in [2.45, 2.75) is 51.6 Å². The summed E-state index contributed by atoms with van der Waals surface area (Å²) in [5.74, 6) is -0.310. The molecular formula is C12H24ClN3O2. The van der Waals surface area contributed by atoms with Gasteiger partial charge in [-0.25, -0.2) is 0 Å². The second-order valence-electron chi connectivity index (χ2n) is 5.04. The van der Waals surface area contributed by atoms with Crippen LogP contribution in [0.2, 0.25) is 0 Å². The van der Waals surface area contributed by atoms with Crippen LogP contribution in [0.25, 0.3) is 0 Å². The van der Waals surface area contributed by atoms with Gasteiger partial charge in [0, 0.05) is 6.04 Å². The first kappa shape index (κ1) is 17.2. The van der Waals surface area contributed by atoms with E-state index < -0.39 is 6.04 Å². The molecule has 0 saturated heterocycles. The first-order chi connectivity index (χ1) is 8.00. The van der Waals surface area contributed by atoms with E-state index in [1.54, 1.807) is 0 Å². The van der Waals surface area contributed by atoms with E-state index in [9.17, 15) is 9.59 Å². The second kappa shape index (κ2) is 8.32. The monoisotopic (exact) mass is 277 g/mol. The van der Waals surface area contributed by atoms with Crippen molar-refractivity contribution in [1.29, 1.82) is 0 Å². The van der Waals surface area contributed by atoms with Crippen LogP contribution in [0, 0.1) is 5.92 Å². The van der Waals surface area contributed by atoms with Gasteiger partial charge in [0.25, 0.3) is 0 Å². The van der Waals surface area contributed by atoms with E-state index in [0.717, 1.165) is 12.8 Å². The molecule has 0 heterocycles. The maximum absolute atomic E-state index is 11.5. The number of amides is 2. The highest BCUT2D eigenvalue weighted by Gasteiger charge is 2.19. The smallest absolute Gasteiger partial charge is 0.239 e. The Kier molecular flexibility index (Phi) is 7.95. The fraction of sp³-hybridized carbons (Fsp3) is 0.833. The molecule has 1 saturated carbocycles. The zero-order chi connectivity index (χ0) is 12.8. The quantitative estimate of drug-likeness (QED) is 0.687. The number of hydrogen-bond acceptors (Lipinski definition) is 3. The average molecular weight is 278 g/mol. The van der Waals surface area contributed by atoms with E-state index in [-0.39, 0.29) is 42.7 Å². The lowest BCUT2D eigenvalue weighted by atomic mass is 10.1. The molecule has 0 radical (unpaired) electrons. The fourth-order valence-electron chi connectivity index (χ4n) is 1.94. The minimum atomic E-state index is -0.547. The lowest BCUT2D eigenvalue weighted by Crippen LogP contribution is -2.48. The molecule has 0 unspecified atom stereocenters. The first-order valence-electron chi connectivity index (χ1n) is 6.33. The Morgan fingerprint density at radius 3 is 2.33 bits per heavy atom. The Bertz CT molecular complexity index is 278. The molecule has 1 aliphatic rings. The lowest BCUT2D eigenvalue weighted by Gasteiger charge is -2.16. The summed E-state index contributed by atoms with van der Waals surface area (Å²) in [5.41, 5.74) is 5.67. The molecule has 1 rings (SSSR count). The molecular weight excluding hydrogens is 254 g/mol. The number of carbonyl (C=O) groups excluding carboxylic acids is 2. The number of nitrogens with two attached hydrogens (primary N) is 1. The third kappa shape index (κ3) is 5.69. The number of nitrogens with one attached hydrogen (secondary N) is 2. The lowest BCUT2D eigenvalue weighted by molar-refractivity contribution is -0.127. The van der Waals surface area contributed by atoms with Gasteiger partial charge in [-0.1, -0.05) is 26.7 Å². The van der Waals surface area contributed by atoms with Crippen molar-refractivity contribution in [2.24, 2.45) is 11.7 Å². The molecule has 0 spiro atoms. The zero-order valence-electron chi connectivity index (χ0n) is 11.1. The molecule has 0 bridgehead atoms. The van der Waals surface area contributed by atoms with Crippen LogP contribution in [0.4, 0.5) is 0 Å². The van der Waals surface area contributed by atoms with Crippen molar-refractivity contribution in [2.75, 3.05) is 6.54 Å². The maximum Gasteiger partial charge on any atom is 0.239 e. The normalized spacial score (nSPS) is 17.1. The molecule has 1 atom stereocenters. The van der Waals surface area contributed by atoms with Crippen LogP contribution in [0.5, 0.6) is 0 Å². The van der Waals surface area contributed by atoms with Crippen LogP contribution in [0.3, 0.4) is 0 Å². The summed E-state index contributed by atoms with van der Waals surface area (Å²) in [7, 11) is 0. The van der Waals surface area contributed by atoms with Crippen molar-refractivity contribution in [3.05, 3.63) is 0 Å². The minimum Gasteiger partial charge on any atom is -0.352 e. The number of halogens is 1. The summed E-state index contributed by atoms with van der Waals surface area (Å²) in [4.78, 5) is 23.0. The van der Waals surface area contributed by atoms with Gasteiger partial charge in [-0.15, -0.1) is 12.4 Å². The standard InChI is InChI=1S/C12H23N3O2.ClH/c1-8(2)11(13)12(17)14-7-10(16)15-9-5-3-4-6-9;/h8-9,11H,3-7,13H2,1-2H3,(H,14,17)(H,15,16);1H/t11-;/m0./s1. The molecule has 0 aromatic rings. The van der Waals surface area contributed by atoms with Crippen molar-refractivity contribution in [3.63, 3.8) is 0 Å². The average Bonchev–Trinajstić information content (AvgIpc) is 2.77. The Balaban J connectivity index is 0.00000289. The Morgan fingerprint density at radius 1 is 1.28 bits per heavy atom. The maximum atomic E-state index is 11.5. The van der Waals surface area contributed by atoms with E-state index in [2.05, 4.69) is 10.6 Å². The van der Waals surface area contributed by atoms with Crippen molar-refractivity contribution < 1.29 is 9.59 Å². The van der Waals surface area contributed by atoms with E-state index in [1.165, 1.54) is 12.8 Å². The Hall–Kier alpha value is -0.810. The van der Waals surface area contributed by atoms with Crippen LogP contribution in [-0.2, 0) is 9.59 Å². The summed E-state index contributed by atoms with van der Waals surface area (Å²) in [6, 6.07) is -0.257. The molecule has 6 heteroatoms. The molecule has 0 aromatic carbocycles.